The number of carbonyl (C=O) groups excluding carboxylic acids is 1. The highest BCUT2D eigenvalue weighted by Crippen LogP contribution is 2.52. The van der Waals surface area contributed by atoms with Gasteiger partial charge in [0, 0.05) is 5.69 Å². The van der Waals surface area contributed by atoms with E-state index >= 15 is 0 Å². The molecule has 0 saturated heterocycles. The molecule has 0 aliphatic carbocycles. The smallest absolute Gasteiger partial charge is 0.308 e. The Kier molecular flexibility index (Phi) is 4.97. The lowest BCUT2D eigenvalue weighted by Crippen LogP contribution is -2.75. The third-order valence-electron chi connectivity index (χ3n) is 2.71. The van der Waals surface area contributed by atoms with Crippen molar-refractivity contribution < 1.29 is 44.3 Å². The number of alkyl halides is 9. The summed E-state index contributed by atoms with van der Waals surface area (Å²) in [6.07, 6.45) is -20.7. The molecule has 4 nitrogen and oxygen atoms in total. The minimum Gasteiger partial charge on any atom is -0.308 e. The second-order valence-electron chi connectivity index (χ2n) is 4.49. The van der Waals surface area contributed by atoms with Gasteiger partial charge in [-0.2, -0.15) is 39.5 Å². The lowest BCUT2D eigenvalue weighted by Gasteiger charge is -2.38. The number of aryl methyl sites for hydroxylation is 1. The predicted molar refractivity (Wildman–Crippen MR) is 62.0 cm³/mol. The summed E-state index contributed by atoms with van der Waals surface area (Å²) < 4.78 is 114. The van der Waals surface area contributed by atoms with Crippen LogP contribution >= 0.6 is 0 Å². The molecule has 136 valence electrons. The van der Waals surface area contributed by atoms with E-state index in [0.29, 0.717) is 0 Å². The van der Waals surface area contributed by atoms with Crippen molar-refractivity contribution in [1.82, 2.24) is 10.3 Å². The first-order valence-corrected chi connectivity index (χ1v) is 5.85. The SMILES string of the molecule is Cc1cccc(NC(=O)NC(C(F)(F)F)(C(F)(F)F)C(F)(F)F)n1. The fourth-order valence-corrected chi connectivity index (χ4v) is 1.63. The van der Waals surface area contributed by atoms with Crippen molar-refractivity contribution in [2.24, 2.45) is 0 Å². The van der Waals surface area contributed by atoms with Crippen molar-refractivity contribution in [3.05, 3.63) is 23.9 Å². The molecule has 0 unspecified atom stereocenters. The number of nitrogens with zero attached hydrogens (tertiary/aromatic N) is 1. The Morgan fingerprint density at radius 2 is 1.38 bits per heavy atom. The van der Waals surface area contributed by atoms with Gasteiger partial charge in [0.15, 0.2) is 0 Å². The Bertz CT molecular complexity index is 570. The van der Waals surface area contributed by atoms with Gasteiger partial charge in [0.1, 0.15) is 5.82 Å². The summed E-state index contributed by atoms with van der Waals surface area (Å²) in [4.78, 5) is 14.8. The summed E-state index contributed by atoms with van der Waals surface area (Å²) >= 11 is 0. The number of halogens is 9. The van der Waals surface area contributed by atoms with Gasteiger partial charge in [-0.1, -0.05) is 6.07 Å². The van der Waals surface area contributed by atoms with Crippen LogP contribution in [0.3, 0.4) is 0 Å². The van der Waals surface area contributed by atoms with Gasteiger partial charge in [-0.25, -0.2) is 9.78 Å². The second kappa shape index (κ2) is 6.02. The van der Waals surface area contributed by atoms with E-state index in [9.17, 15) is 44.3 Å². The van der Waals surface area contributed by atoms with E-state index < -0.39 is 35.9 Å². The number of carbonyl (C=O) groups is 1. The number of pyridine rings is 1. The highest BCUT2D eigenvalue weighted by atomic mass is 19.4. The zero-order chi connectivity index (χ0) is 19.0. The van der Waals surface area contributed by atoms with Crippen LogP contribution in [0.2, 0.25) is 0 Å². The molecule has 1 aromatic rings. The summed E-state index contributed by atoms with van der Waals surface area (Å²) in [5.41, 5.74) is -6.22. The molecule has 0 spiro atoms. The summed E-state index contributed by atoms with van der Waals surface area (Å²) in [6.45, 7) is 1.37. The van der Waals surface area contributed by atoms with Gasteiger partial charge in [0.05, 0.1) is 0 Å². The van der Waals surface area contributed by atoms with Gasteiger partial charge in [0.2, 0.25) is 0 Å². The van der Waals surface area contributed by atoms with E-state index in [-0.39, 0.29) is 11.0 Å². The number of aromatic nitrogens is 1. The molecule has 1 aromatic heterocycles. The third kappa shape index (κ3) is 3.64. The highest BCUT2D eigenvalue weighted by molar-refractivity contribution is 5.89. The zero-order valence-electron chi connectivity index (χ0n) is 11.5. The van der Waals surface area contributed by atoms with Crippen LogP contribution in [-0.2, 0) is 0 Å². The molecule has 24 heavy (non-hydrogen) atoms. The van der Waals surface area contributed by atoms with E-state index in [0.717, 1.165) is 6.07 Å². The van der Waals surface area contributed by atoms with Crippen molar-refractivity contribution in [3.63, 3.8) is 0 Å². The topological polar surface area (TPSA) is 54.0 Å². The van der Waals surface area contributed by atoms with Gasteiger partial charge < -0.3 is 5.32 Å². The van der Waals surface area contributed by atoms with Crippen molar-refractivity contribution in [1.29, 1.82) is 0 Å². The molecule has 0 bridgehead atoms. The molecule has 1 rings (SSSR count). The minimum atomic E-state index is -6.89. The molecule has 2 amide bonds. The monoisotopic (exact) mass is 369 g/mol. The average Bonchev–Trinajstić information content (AvgIpc) is 2.31. The number of anilines is 1. The summed E-state index contributed by atoms with van der Waals surface area (Å²) in [7, 11) is 0. The lowest BCUT2D eigenvalue weighted by atomic mass is 9.97. The summed E-state index contributed by atoms with van der Waals surface area (Å²) in [5, 5.41) is 1.35. The van der Waals surface area contributed by atoms with Crippen molar-refractivity contribution in [3.8, 4) is 0 Å². The second-order valence-corrected chi connectivity index (χ2v) is 4.49. The largest absolute Gasteiger partial charge is 0.429 e. The van der Waals surface area contributed by atoms with Crippen LogP contribution in [0.4, 0.5) is 50.1 Å². The van der Waals surface area contributed by atoms with Crippen molar-refractivity contribution in [2.45, 2.75) is 31.0 Å². The van der Waals surface area contributed by atoms with Gasteiger partial charge in [0.25, 0.3) is 0 Å². The van der Waals surface area contributed by atoms with E-state index in [1.54, 1.807) is 0 Å². The first-order chi connectivity index (χ1) is 10.6. The number of amides is 2. The molecule has 0 aliphatic rings. The van der Waals surface area contributed by atoms with Crippen molar-refractivity contribution >= 4 is 11.8 Å². The number of hydrogen-bond donors (Lipinski definition) is 2. The molecule has 0 aromatic carbocycles. The maximum atomic E-state index is 12.6. The van der Waals surface area contributed by atoms with Crippen LogP contribution in [0, 0.1) is 6.92 Å². The normalized spacial score (nSPS) is 13.6. The molecular weight excluding hydrogens is 361 g/mol. The van der Waals surface area contributed by atoms with E-state index in [2.05, 4.69) is 4.98 Å². The quantitative estimate of drug-likeness (QED) is 0.776. The number of urea groups is 1. The molecule has 2 N–H and O–H groups in total. The number of nitrogens with one attached hydrogen (secondary N) is 2. The van der Waals surface area contributed by atoms with Crippen LogP contribution in [-0.4, -0.2) is 35.1 Å². The van der Waals surface area contributed by atoms with Gasteiger partial charge >= 0.3 is 30.1 Å². The van der Waals surface area contributed by atoms with Crippen LogP contribution in [0.15, 0.2) is 18.2 Å². The molecular formula is C11H8F9N3O. The van der Waals surface area contributed by atoms with Gasteiger partial charge in [-0.15, -0.1) is 0 Å². The van der Waals surface area contributed by atoms with E-state index in [4.69, 9.17) is 0 Å². The first kappa shape index (κ1) is 19.8. The highest BCUT2D eigenvalue weighted by Gasteiger charge is 2.84. The van der Waals surface area contributed by atoms with E-state index in [1.807, 2.05) is 0 Å². The van der Waals surface area contributed by atoms with Gasteiger partial charge in [-0.05, 0) is 19.1 Å². The maximum Gasteiger partial charge on any atom is 0.429 e. The number of rotatable bonds is 2. The molecule has 0 atom stereocenters. The molecule has 0 aliphatic heterocycles. The Labute approximate surface area is 128 Å². The Morgan fingerprint density at radius 3 is 1.75 bits per heavy atom. The fraction of sp³-hybridized carbons (Fsp3) is 0.455. The van der Waals surface area contributed by atoms with Crippen LogP contribution in [0.1, 0.15) is 5.69 Å². The van der Waals surface area contributed by atoms with E-state index in [1.165, 1.54) is 24.4 Å². The maximum absolute atomic E-state index is 12.6. The Morgan fingerprint density at radius 1 is 0.917 bits per heavy atom. The standard InChI is InChI=1S/C11H8F9N3O/c1-5-3-2-4-6(21-5)22-7(24)23-8(9(12,13)14,10(15,16)17)11(18,19)20/h2-4H,1H3,(H2,21,22,23,24). The molecule has 0 radical (unpaired) electrons. The van der Waals surface area contributed by atoms with Crippen LogP contribution in [0.25, 0.3) is 0 Å². The Balaban J connectivity index is 3.25. The fourth-order valence-electron chi connectivity index (χ4n) is 1.63. The summed E-state index contributed by atoms with van der Waals surface area (Å²) in [6, 6.07) is 1.18. The molecule has 0 saturated carbocycles. The number of hydrogen-bond acceptors (Lipinski definition) is 2. The zero-order valence-corrected chi connectivity index (χ0v) is 11.5. The third-order valence-corrected chi connectivity index (χ3v) is 2.71. The van der Waals surface area contributed by atoms with Gasteiger partial charge in [-0.3, -0.25) is 5.32 Å². The predicted octanol–water partition coefficient (Wildman–Crippen LogP) is 3.94. The average molecular weight is 369 g/mol. The van der Waals surface area contributed by atoms with Crippen molar-refractivity contribution in [2.75, 3.05) is 5.32 Å². The first-order valence-electron chi connectivity index (χ1n) is 5.85. The minimum absolute atomic E-state index is 0.0467. The van der Waals surface area contributed by atoms with Crippen LogP contribution in [0.5, 0.6) is 0 Å². The molecule has 1 heterocycles. The molecule has 13 heteroatoms. The summed E-state index contributed by atoms with van der Waals surface area (Å²) in [5.74, 6) is -0.534. The Hall–Kier alpha value is -2.21. The molecule has 0 fully saturated rings. The lowest BCUT2D eigenvalue weighted by molar-refractivity contribution is -0.386. The van der Waals surface area contributed by atoms with Crippen LogP contribution < -0.4 is 10.6 Å².